The summed E-state index contributed by atoms with van der Waals surface area (Å²) in [7, 11) is 0. The van der Waals surface area contributed by atoms with Gasteiger partial charge in [0.25, 0.3) is 0 Å². The second-order valence-electron chi connectivity index (χ2n) is 10.6. The number of esters is 3. The molecular weight excluding hydrogens is 454 g/mol. The minimum absolute atomic E-state index is 0.0334. The van der Waals surface area contributed by atoms with Crippen LogP contribution in [0.3, 0.4) is 0 Å². The molecular formula is C26H39NO8. The molecule has 1 unspecified atom stereocenters. The summed E-state index contributed by atoms with van der Waals surface area (Å²) in [6.45, 7) is 13.9. The van der Waals surface area contributed by atoms with Crippen LogP contribution in [0.25, 0.3) is 0 Å². The molecule has 0 heterocycles. The van der Waals surface area contributed by atoms with Gasteiger partial charge in [0.05, 0.1) is 10.8 Å². The van der Waals surface area contributed by atoms with Gasteiger partial charge < -0.3 is 24.6 Å². The average molecular weight is 494 g/mol. The Morgan fingerprint density at radius 1 is 0.943 bits per heavy atom. The molecule has 0 saturated heterocycles. The van der Waals surface area contributed by atoms with E-state index in [1.54, 1.807) is 54.5 Å². The molecule has 0 aromatic heterocycles. The molecule has 9 nitrogen and oxygen atoms in total. The molecule has 0 radical (unpaired) electrons. The van der Waals surface area contributed by atoms with Gasteiger partial charge in [0.1, 0.15) is 12.1 Å². The summed E-state index contributed by atoms with van der Waals surface area (Å²) in [6.07, 6.45) is 0.520. The molecule has 9 heteroatoms. The minimum Gasteiger partial charge on any atom is -0.480 e. The molecule has 2 atom stereocenters. The van der Waals surface area contributed by atoms with E-state index in [1.807, 2.05) is 6.92 Å². The van der Waals surface area contributed by atoms with Crippen LogP contribution in [0.4, 0.5) is 0 Å². The van der Waals surface area contributed by atoms with Gasteiger partial charge in [0.15, 0.2) is 11.5 Å². The second kappa shape index (κ2) is 12.7. The minimum atomic E-state index is -1.09. The molecule has 0 saturated carbocycles. The zero-order valence-corrected chi connectivity index (χ0v) is 22.0. The van der Waals surface area contributed by atoms with Crippen molar-refractivity contribution in [1.29, 1.82) is 0 Å². The van der Waals surface area contributed by atoms with Crippen molar-refractivity contribution in [2.45, 2.75) is 86.8 Å². The second-order valence-corrected chi connectivity index (χ2v) is 10.6. The van der Waals surface area contributed by atoms with Crippen molar-refractivity contribution >= 4 is 23.9 Å². The van der Waals surface area contributed by atoms with Crippen LogP contribution in [-0.2, 0) is 30.3 Å². The molecule has 0 fully saturated rings. The summed E-state index contributed by atoms with van der Waals surface area (Å²) in [6, 6.07) is 3.61. The van der Waals surface area contributed by atoms with Gasteiger partial charge in [-0.3, -0.25) is 19.2 Å². The van der Waals surface area contributed by atoms with Crippen molar-refractivity contribution in [3.63, 3.8) is 0 Å². The molecule has 196 valence electrons. The fourth-order valence-electron chi connectivity index (χ4n) is 2.67. The van der Waals surface area contributed by atoms with Gasteiger partial charge in [-0.15, -0.1) is 0 Å². The van der Waals surface area contributed by atoms with E-state index in [1.165, 1.54) is 12.1 Å². The highest BCUT2D eigenvalue weighted by atomic mass is 16.6. The monoisotopic (exact) mass is 493 g/mol. The number of benzene rings is 1. The lowest BCUT2D eigenvalue weighted by atomic mass is 9.97. The third-order valence-corrected chi connectivity index (χ3v) is 4.81. The highest BCUT2D eigenvalue weighted by Crippen LogP contribution is 2.33. The van der Waals surface area contributed by atoms with Gasteiger partial charge in [-0.2, -0.15) is 0 Å². The third kappa shape index (κ3) is 10.5. The molecule has 0 spiro atoms. The molecule has 0 bridgehead atoms. The highest BCUT2D eigenvalue weighted by Gasteiger charge is 2.29. The summed E-state index contributed by atoms with van der Waals surface area (Å²) < 4.78 is 16.2. The highest BCUT2D eigenvalue weighted by molar-refractivity contribution is 5.81. The van der Waals surface area contributed by atoms with Crippen molar-refractivity contribution < 1.29 is 38.5 Å². The van der Waals surface area contributed by atoms with Gasteiger partial charge in [-0.25, -0.2) is 0 Å². The summed E-state index contributed by atoms with van der Waals surface area (Å²) in [5, 5.41) is 12.6. The van der Waals surface area contributed by atoms with Crippen LogP contribution in [0.15, 0.2) is 18.2 Å². The number of carboxylic acid groups (broad SMARTS) is 1. The summed E-state index contributed by atoms with van der Waals surface area (Å²) in [5.74, 6) is -2.35. The lowest BCUT2D eigenvalue weighted by molar-refractivity contribution is -0.148. The van der Waals surface area contributed by atoms with E-state index in [9.17, 15) is 24.3 Å². The van der Waals surface area contributed by atoms with E-state index < -0.39 is 40.9 Å². The van der Waals surface area contributed by atoms with Crippen LogP contribution in [0, 0.1) is 10.8 Å². The van der Waals surface area contributed by atoms with E-state index in [4.69, 9.17) is 14.2 Å². The molecule has 0 aliphatic rings. The van der Waals surface area contributed by atoms with E-state index in [-0.39, 0.29) is 30.4 Å². The van der Waals surface area contributed by atoms with E-state index in [0.29, 0.717) is 18.4 Å². The number of carboxylic acids is 1. The molecule has 35 heavy (non-hydrogen) atoms. The molecule has 0 amide bonds. The summed E-state index contributed by atoms with van der Waals surface area (Å²) in [5.41, 5.74) is -1.04. The maximum absolute atomic E-state index is 12.5. The number of nitrogens with one attached hydrogen (secondary N) is 1. The number of carbonyl (C=O) groups excluding carboxylic acids is 3. The van der Waals surface area contributed by atoms with Crippen LogP contribution < -0.4 is 14.8 Å². The Hall–Kier alpha value is -2.94. The number of aliphatic carboxylic acids is 1. The quantitative estimate of drug-likeness (QED) is 0.348. The van der Waals surface area contributed by atoms with E-state index >= 15 is 0 Å². The zero-order valence-electron chi connectivity index (χ0n) is 22.0. The first-order chi connectivity index (χ1) is 16.0. The largest absolute Gasteiger partial charge is 0.480 e. The molecule has 2 N–H and O–H groups in total. The van der Waals surface area contributed by atoms with Gasteiger partial charge in [-0.1, -0.05) is 13.0 Å². The number of rotatable bonds is 11. The van der Waals surface area contributed by atoms with Crippen LogP contribution in [0.5, 0.6) is 11.5 Å². The summed E-state index contributed by atoms with van der Waals surface area (Å²) in [4.78, 5) is 48.4. The summed E-state index contributed by atoms with van der Waals surface area (Å²) >= 11 is 0. The number of carbonyl (C=O) groups is 4. The smallest absolute Gasteiger partial charge is 0.321 e. The topological polar surface area (TPSA) is 128 Å². The van der Waals surface area contributed by atoms with Crippen LogP contribution in [-0.4, -0.2) is 47.7 Å². The van der Waals surface area contributed by atoms with Gasteiger partial charge >= 0.3 is 23.9 Å². The fraction of sp³-hybridized carbons (Fsp3) is 0.615. The lowest BCUT2D eigenvalue weighted by Gasteiger charge is -2.22. The lowest BCUT2D eigenvalue weighted by Crippen LogP contribution is -2.42. The Balaban J connectivity index is 3.09. The van der Waals surface area contributed by atoms with Crippen molar-refractivity contribution in [2.24, 2.45) is 10.8 Å². The Kier molecular flexibility index (Phi) is 10.9. The Bertz CT molecular complexity index is 911. The maximum atomic E-state index is 12.5. The van der Waals surface area contributed by atoms with Crippen molar-refractivity contribution in [2.75, 3.05) is 6.54 Å². The first kappa shape index (κ1) is 30.1. The van der Waals surface area contributed by atoms with Crippen LogP contribution in [0.1, 0.15) is 73.8 Å². The predicted octanol–water partition coefficient (Wildman–Crippen LogP) is 3.91. The van der Waals surface area contributed by atoms with Crippen molar-refractivity contribution in [1.82, 2.24) is 5.32 Å². The van der Waals surface area contributed by atoms with Gasteiger partial charge in [0, 0.05) is 13.0 Å². The van der Waals surface area contributed by atoms with Crippen molar-refractivity contribution in [3.05, 3.63) is 23.8 Å². The Labute approximate surface area is 207 Å². The normalized spacial score (nSPS) is 13.5. The third-order valence-electron chi connectivity index (χ3n) is 4.81. The zero-order chi connectivity index (χ0) is 27.0. The maximum Gasteiger partial charge on any atom is 0.321 e. The predicted molar refractivity (Wildman–Crippen MR) is 130 cm³/mol. The SMILES string of the molecule is CCCC(=O)OC(C)CN[C@@H](Cc1ccc(OC(=O)C(C)(C)C)c(OC(=O)C(C)(C)C)c1)C(=O)O. The number of ether oxygens (including phenoxy) is 3. The van der Waals surface area contributed by atoms with Crippen LogP contribution in [0.2, 0.25) is 0 Å². The number of hydrogen-bond donors (Lipinski definition) is 2. The molecule has 0 aliphatic carbocycles. The molecule has 1 aromatic carbocycles. The average Bonchev–Trinajstić information content (AvgIpc) is 2.71. The van der Waals surface area contributed by atoms with Crippen LogP contribution >= 0.6 is 0 Å². The van der Waals surface area contributed by atoms with Crippen molar-refractivity contribution in [3.8, 4) is 11.5 Å². The Morgan fingerprint density at radius 2 is 1.49 bits per heavy atom. The van der Waals surface area contributed by atoms with E-state index in [2.05, 4.69) is 5.32 Å². The standard InChI is InChI=1S/C26H39NO8/c1-9-10-21(28)33-16(2)15-27-18(22(29)30)13-17-11-12-19(34-23(31)25(3,4)5)20(14-17)35-24(32)26(6,7)8/h11-12,14,16,18,27H,9-10,13,15H2,1-8H3,(H,29,30)/t16?,18-/m0/s1. The fourth-order valence-corrected chi connectivity index (χ4v) is 2.67. The first-order valence-electron chi connectivity index (χ1n) is 11.8. The molecule has 1 aromatic rings. The number of hydrogen-bond acceptors (Lipinski definition) is 8. The molecule has 0 aliphatic heterocycles. The van der Waals surface area contributed by atoms with Gasteiger partial charge in [-0.05, 0) is 79.0 Å². The first-order valence-corrected chi connectivity index (χ1v) is 11.8. The van der Waals surface area contributed by atoms with E-state index in [0.717, 1.165) is 0 Å². The van der Waals surface area contributed by atoms with Gasteiger partial charge in [0.2, 0.25) is 0 Å². The Morgan fingerprint density at radius 3 is 1.97 bits per heavy atom. The molecule has 1 rings (SSSR count).